The summed E-state index contributed by atoms with van der Waals surface area (Å²) in [6.07, 6.45) is -0.0278. The molecule has 1 amide bonds. The molecule has 0 saturated heterocycles. The van der Waals surface area contributed by atoms with Crippen LogP contribution >= 0.6 is 0 Å². The number of hydrogen-bond acceptors (Lipinski definition) is 2. The molecular formula is C16H13FN2O. The molecule has 2 aromatic rings. The van der Waals surface area contributed by atoms with Gasteiger partial charge in [0, 0.05) is 16.8 Å². The summed E-state index contributed by atoms with van der Waals surface area (Å²) in [7, 11) is 0. The van der Waals surface area contributed by atoms with Gasteiger partial charge < -0.3 is 5.32 Å². The molecule has 0 heterocycles. The van der Waals surface area contributed by atoms with Crippen molar-refractivity contribution in [2.45, 2.75) is 13.3 Å². The molecule has 0 aromatic heterocycles. The van der Waals surface area contributed by atoms with Crippen molar-refractivity contribution in [3.05, 3.63) is 65.0 Å². The zero-order valence-corrected chi connectivity index (χ0v) is 11.0. The van der Waals surface area contributed by atoms with Crippen LogP contribution in [0.3, 0.4) is 0 Å². The third kappa shape index (κ3) is 3.21. The first-order valence-electron chi connectivity index (χ1n) is 6.13. The minimum Gasteiger partial charge on any atom is -0.322 e. The van der Waals surface area contributed by atoms with Crippen LogP contribution in [0.25, 0.3) is 0 Å². The lowest BCUT2D eigenvalue weighted by atomic mass is 10.1. The van der Waals surface area contributed by atoms with Gasteiger partial charge in [-0.3, -0.25) is 4.79 Å². The first-order chi connectivity index (χ1) is 9.60. The molecule has 4 heteroatoms. The van der Waals surface area contributed by atoms with Crippen molar-refractivity contribution in [3.63, 3.8) is 0 Å². The molecule has 20 heavy (non-hydrogen) atoms. The molecule has 0 spiro atoms. The monoisotopic (exact) mass is 268 g/mol. The Morgan fingerprint density at radius 3 is 2.80 bits per heavy atom. The van der Waals surface area contributed by atoms with Gasteiger partial charge in [-0.05, 0) is 37.3 Å². The summed E-state index contributed by atoms with van der Waals surface area (Å²) >= 11 is 0. The molecule has 0 atom stereocenters. The van der Waals surface area contributed by atoms with Crippen molar-refractivity contribution in [2.75, 3.05) is 5.32 Å². The Bertz CT molecular complexity index is 689. The number of nitriles is 1. The molecule has 1 N–H and O–H groups in total. The summed E-state index contributed by atoms with van der Waals surface area (Å²) in [6, 6.07) is 13.3. The zero-order chi connectivity index (χ0) is 14.5. The average Bonchev–Trinajstić information content (AvgIpc) is 2.43. The molecule has 2 aromatic carbocycles. The van der Waals surface area contributed by atoms with Gasteiger partial charge in [-0.25, -0.2) is 4.39 Å². The molecule has 0 fully saturated rings. The van der Waals surface area contributed by atoms with E-state index in [-0.39, 0.29) is 17.9 Å². The van der Waals surface area contributed by atoms with Crippen molar-refractivity contribution in [3.8, 4) is 6.07 Å². The van der Waals surface area contributed by atoms with E-state index in [1.54, 1.807) is 18.2 Å². The van der Waals surface area contributed by atoms with Crippen LogP contribution in [-0.2, 0) is 6.42 Å². The summed E-state index contributed by atoms with van der Waals surface area (Å²) in [5, 5.41) is 11.3. The van der Waals surface area contributed by atoms with E-state index in [0.717, 1.165) is 5.56 Å². The van der Waals surface area contributed by atoms with Gasteiger partial charge in [0.1, 0.15) is 5.82 Å². The second-order valence-electron chi connectivity index (χ2n) is 4.46. The largest absolute Gasteiger partial charge is 0.322 e. The molecular weight excluding hydrogens is 255 g/mol. The van der Waals surface area contributed by atoms with Crippen molar-refractivity contribution in [2.24, 2.45) is 0 Å². The third-order valence-corrected chi connectivity index (χ3v) is 2.85. The minimum absolute atomic E-state index is 0.0278. The topological polar surface area (TPSA) is 52.9 Å². The maximum Gasteiger partial charge on any atom is 0.255 e. The Hall–Kier alpha value is -2.67. The number of carbonyl (C=O) groups excluding carboxylic acids is 1. The van der Waals surface area contributed by atoms with Crippen LogP contribution in [0.15, 0.2) is 42.5 Å². The van der Waals surface area contributed by atoms with Crippen LogP contribution in [0, 0.1) is 24.1 Å². The Balaban J connectivity index is 2.20. The highest BCUT2D eigenvalue weighted by atomic mass is 19.1. The fourth-order valence-corrected chi connectivity index (χ4v) is 1.86. The van der Waals surface area contributed by atoms with Crippen LogP contribution in [0.2, 0.25) is 0 Å². The fourth-order valence-electron chi connectivity index (χ4n) is 1.86. The average molecular weight is 268 g/mol. The second kappa shape index (κ2) is 5.98. The van der Waals surface area contributed by atoms with Crippen LogP contribution in [0.1, 0.15) is 21.5 Å². The number of benzene rings is 2. The summed E-state index contributed by atoms with van der Waals surface area (Å²) < 4.78 is 13.4. The van der Waals surface area contributed by atoms with E-state index in [2.05, 4.69) is 5.32 Å². The van der Waals surface area contributed by atoms with Crippen molar-refractivity contribution >= 4 is 11.6 Å². The molecule has 3 nitrogen and oxygen atoms in total. The number of nitrogens with one attached hydrogen (secondary N) is 1. The highest BCUT2D eigenvalue weighted by molar-refractivity contribution is 6.04. The molecule has 0 unspecified atom stereocenters. The Kier molecular flexibility index (Phi) is 4.11. The van der Waals surface area contributed by atoms with Crippen LogP contribution in [0.5, 0.6) is 0 Å². The number of aryl methyl sites for hydroxylation is 1. The van der Waals surface area contributed by atoms with Crippen molar-refractivity contribution in [1.82, 2.24) is 0 Å². The first kappa shape index (κ1) is 13.8. The van der Waals surface area contributed by atoms with Gasteiger partial charge in [0.2, 0.25) is 0 Å². The normalized spacial score (nSPS) is 9.85. The smallest absolute Gasteiger partial charge is 0.255 e. The van der Waals surface area contributed by atoms with Crippen LogP contribution in [0.4, 0.5) is 10.1 Å². The van der Waals surface area contributed by atoms with E-state index >= 15 is 0 Å². The minimum atomic E-state index is -0.444. The predicted molar refractivity (Wildman–Crippen MR) is 74.8 cm³/mol. The van der Waals surface area contributed by atoms with E-state index in [0.29, 0.717) is 11.3 Å². The molecule has 0 bridgehead atoms. The summed E-state index contributed by atoms with van der Waals surface area (Å²) in [5.74, 6) is -0.705. The number of anilines is 1. The molecule has 0 aliphatic rings. The maximum absolute atomic E-state index is 13.4. The Morgan fingerprint density at radius 2 is 2.10 bits per heavy atom. The quantitative estimate of drug-likeness (QED) is 0.926. The summed E-state index contributed by atoms with van der Waals surface area (Å²) in [4.78, 5) is 12.1. The highest BCUT2D eigenvalue weighted by Crippen LogP contribution is 2.16. The van der Waals surface area contributed by atoms with E-state index in [1.807, 2.05) is 19.1 Å². The number of halogens is 1. The van der Waals surface area contributed by atoms with Crippen molar-refractivity contribution in [1.29, 1.82) is 5.26 Å². The van der Waals surface area contributed by atoms with E-state index in [1.165, 1.54) is 18.2 Å². The standard InChI is InChI=1S/C16H13FN2O/c1-11-3-2-4-13(9-11)16(20)19-14-5-6-15(17)12(10-14)7-8-18/h2-6,9-10H,7H2,1H3,(H,19,20). The molecule has 100 valence electrons. The molecule has 2 rings (SSSR count). The van der Waals surface area contributed by atoms with Crippen molar-refractivity contribution < 1.29 is 9.18 Å². The number of carbonyl (C=O) groups is 1. The van der Waals surface area contributed by atoms with Gasteiger partial charge in [0.15, 0.2) is 0 Å². The van der Waals surface area contributed by atoms with E-state index < -0.39 is 5.82 Å². The van der Waals surface area contributed by atoms with Gasteiger partial charge in [0.25, 0.3) is 5.91 Å². The van der Waals surface area contributed by atoms with E-state index in [9.17, 15) is 9.18 Å². The highest BCUT2D eigenvalue weighted by Gasteiger charge is 2.08. The van der Waals surface area contributed by atoms with Gasteiger partial charge in [0.05, 0.1) is 12.5 Å². The SMILES string of the molecule is Cc1cccc(C(=O)Nc2ccc(F)c(CC#N)c2)c1. The van der Waals surface area contributed by atoms with Gasteiger partial charge >= 0.3 is 0 Å². The van der Waals surface area contributed by atoms with Gasteiger partial charge in [-0.1, -0.05) is 17.7 Å². The third-order valence-electron chi connectivity index (χ3n) is 2.85. The fraction of sp³-hybridized carbons (Fsp3) is 0.125. The first-order valence-corrected chi connectivity index (χ1v) is 6.13. The summed E-state index contributed by atoms with van der Waals surface area (Å²) in [5.41, 5.74) is 2.27. The maximum atomic E-state index is 13.4. The zero-order valence-electron chi connectivity index (χ0n) is 11.0. The lowest BCUT2D eigenvalue weighted by Gasteiger charge is -2.07. The van der Waals surface area contributed by atoms with Gasteiger partial charge in [-0.15, -0.1) is 0 Å². The predicted octanol–water partition coefficient (Wildman–Crippen LogP) is 3.45. The molecule has 0 radical (unpaired) electrons. The molecule has 0 saturated carbocycles. The second-order valence-corrected chi connectivity index (χ2v) is 4.46. The lowest BCUT2D eigenvalue weighted by Crippen LogP contribution is -2.12. The van der Waals surface area contributed by atoms with Crippen LogP contribution < -0.4 is 5.32 Å². The van der Waals surface area contributed by atoms with Crippen LogP contribution in [-0.4, -0.2) is 5.91 Å². The Morgan fingerprint density at radius 1 is 1.30 bits per heavy atom. The number of nitrogens with zero attached hydrogens (tertiary/aromatic N) is 1. The lowest BCUT2D eigenvalue weighted by molar-refractivity contribution is 0.102. The molecule has 0 aliphatic heterocycles. The number of hydrogen-bond donors (Lipinski definition) is 1. The van der Waals surface area contributed by atoms with E-state index in [4.69, 9.17) is 5.26 Å². The Labute approximate surface area is 116 Å². The molecule has 0 aliphatic carbocycles. The summed E-state index contributed by atoms with van der Waals surface area (Å²) in [6.45, 7) is 1.90. The number of rotatable bonds is 3. The van der Waals surface area contributed by atoms with Gasteiger partial charge in [-0.2, -0.15) is 5.26 Å². The number of amides is 1.